The highest BCUT2D eigenvalue weighted by molar-refractivity contribution is 5.72. The van der Waals surface area contributed by atoms with Crippen LogP contribution in [-0.2, 0) is 0 Å². The Labute approximate surface area is 152 Å². The predicted octanol–water partition coefficient (Wildman–Crippen LogP) is 4.30. The number of para-hydroxylation sites is 2. The fourth-order valence-electron chi connectivity index (χ4n) is 2.35. The van der Waals surface area contributed by atoms with Gasteiger partial charge in [-0.2, -0.15) is 9.97 Å². The van der Waals surface area contributed by atoms with Gasteiger partial charge in [-0.25, -0.2) is 0 Å². The molecule has 1 aromatic heterocycles. The molecule has 0 aliphatic rings. The Bertz CT molecular complexity index is 801. The monoisotopic (exact) mass is 348 g/mol. The zero-order valence-corrected chi connectivity index (χ0v) is 14.6. The minimum Gasteiger partial charge on any atom is -0.464 e. The first-order valence-electron chi connectivity index (χ1n) is 8.34. The van der Waals surface area contributed by atoms with Crippen LogP contribution in [0.5, 0.6) is 12.0 Å². The van der Waals surface area contributed by atoms with Crippen LogP contribution >= 0.6 is 0 Å². The quantitative estimate of drug-likeness (QED) is 0.566. The van der Waals surface area contributed by atoms with Crippen molar-refractivity contribution in [3.8, 4) is 12.0 Å². The zero-order chi connectivity index (χ0) is 18.2. The van der Waals surface area contributed by atoms with Crippen molar-refractivity contribution in [2.24, 2.45) is 0 Å². The van der Waals surface area contributed by atoms with E-state index >= 15 is 0 Å². The Kier molecular flexibility index (Phi) is 5.77. The summed E-state index contributed by atoms with van der Waals surface area (Å²) in [6, 6.07) is 20.1. The third-order valence-corrected chi connectivity index (χ3v) is 3.42. The molecular weight excluding hydrogens is 328 g/mol. The highest BCUT2D eigenvalue weighted by Gasteiger charge is 2.18. The summed E-state index contributed by atoms with van der Waals surface area (Å²) in [5.74, 6) is 0.417. The van der Waals surface area contributed by atoms with Crippen molar-refractivity contribution in [2.45, 2.75) is 6.92 Å². The summed E-state index contributed by atoms with van der Waals surface area (Å²) in [5, 5.41) is 0. The number of nitrogens with zero attached hydrogens (tertiary/aromatic N) is 4. The standard InChI is InChI=1S/C20H20N4O2/c1-3-15-26-20-22-18(21-19(23-20)25-4-2)24(16-11-7-5-8-12-16)17-13-9-6-10-14-17/h3,5-14H,1,4,15H2,2H3. The summed E-state index contributed by atoms with van der Waals surface area (Å²) in [4.78, 5) is 15.0. The van der Waals surface area contributed by atoms with Gasteiger partial charge in [0.1, 0.15) is 6.61 Å². The number of ether oxygens (including phenoxy) is 2. The molecule has 0 fully saturated rings. The molecule has 0 bridgehead atoms. The van der Waals surface area contributed by atoms with Gasteiger partial charge in [0.2, 0.25) is 5.95 Å². The number of anilines is 3. The molecule has 0 unspecified atom stereocenters. The first-order chi connectivity index (χ1) is 12.8. The van der Waals surface area contributed by atoms with Crippen molar-refractivity contribution in [3.05, 3.63) is 73.3 Å². The maximum Gasteiger partial charge on any atom is 0.324 e. The van der Waals surface area contributed by atoms with Gasteiger partial charge in [0.05, 0.1) is 6.61 Å². The number of rotatable bonds is 8. The van der Waals surface area contributed by atoms with Crippen LogP contribution in [0.15, 0.2) is 73.3 Å². The largest absolute Gasteiger partial charge is 0.464 e. The van der Waals surface area contributed by atoms with Crippen LogP contribution in [0.3, 0.4) is 0 Å². The van der Waals surface area contributed by atoms with Crippen molar-refractivity contribution < 1.29 is 9.47 Å². The van der Waals surface area contributed by atoms with Gasteiger partial charge in [-0.05, 0) is 31.2 Å². The van der Waals surface area contributed by atoms with Gasteiger partial charge in [-0.3, -0.25) is 4.90 Å². The third kappa shape index (κ3) is 4.16. The molecular formula is C20H20N4O2. The topological polar surface area (TPSA) is 60.4 Å². The maximum atomic E-state index is 5.52. The average molecular weight is 348 g/mol. The van der Waals surface area contributed by atoms with Gasteiger partial charge in [-0.15, -0.1) is 4.98 Å². The fraction of sp³-hybridized carbons (Fsp3) is 0.150. The van der Waals surface area contributed by atoms with Crippen molar-refractivity contribution in [3.63, 3.8) is 0 Å². The molecule has 2 aromatic carbocycles. The van der Waals surface area contributed by atoms with E-state index in [1.807, 2.05) is 72.5 Å². The smallest absolute Gasteiger partial charge is 0.324 e. The van der Waals surface area contributed by atoms with Crippen molar-refractivity contribution in [1.82, 2.24) is 15.0 Å². The number of hydrogen-bond acceptors (Lipinski definition) is 6. The summed E-state index contributed by atoms with van der Waals surface area (Å²) in [6.07, 6.45) is 1.63. The van der Waals surface area contributed by atoms with Gasteiger partial charge >= 0.3 is 12.0 Å². The minimum atomic E-state index is 0.190. The maximum absolute atomic E-state index is 5.52. The fourth-order valence-corrected chi connectivity index (χ4v) is 2.35. The van der Waals surface area contributed by atoms with E-state index in [1.165, 1.54) is 0 Å². The van der Waals surface area contributed by atoms with Gasteiger partial charge in [-0.1, -0.05) is 49.1 Å². The summed E-state index contributed by atoms with van der Waals surface area (Å²) in [5.41, 5.74) is 1.84. The number of aromatic nitrogens is 3. The Balaban J connectivity index is 2.10. The first-order valence-corrected chi connectivity index (χ1v) is 8.34. The Morgan fingerprint density at radius 3 is 1.88 bits per heavy atom. The minimum absolute atomic E-state index is 0.190. The third-order valence-electron chi connectivity index (χ3n) is 3.42. The molecule has 6 heteroatoms. The lowest BCUT2D eigenvalue weighted by molar-refractivity contribution is 0.288. The highest BCUT2D eigenvalue weighted by Crippen LogP contribution is 2.32. The molecule has 1 heterocycles. The summed E-state index contributed by atoms with van der Waals surface area (Å²) >= 11 is 0. The molecule has 3 rings (SSSR count). The highest BCUT2D eigenvalue weighted by atomic mass is 16.5. The van der Waals surface area contributed by atoms with E-state index in [0.717, 1.165) is 11.4 Å². The molecule has 0 spiro atoms. The van der Waals surface area contributed by atoms with E-state index < -0.39 is 0 Å². The van der Waals surface area contributed by atoms with Gasteiger partial charge in [0.15, 0.2) is 0 Å². The van der Waals surface area contributed by atoms with Crippen molar-refractivity contribution >= 4 is 17.3 Å². The van der Waals surface area contributed by atoms with E-state index in [0.29, 0.717) is 19.2 Å². The molecule has 3 aromatic rings. The molecule has 0 saturated heterocycles. The Morgan fingerprint density at radius 2 is 1.38 bits per heavy atom. The molecule has 0 saturated carbocycles. The van der Waals surface area contributed by atoms with Gasteiger partial charge < -0.3 is 9.47 Å². The van der Waals surface area contributed by atoms with E-state index in [-0.39, 0.29) is 12.0 Å². The normalized spacial score (nSPS) is 10.2. The van der Waals surface area contributed by atoms with Crippen molar-refractivity contribution in [1.29, 1.82) is 0 Å². The summed E-state index contributed by atoms with van der Waals surface area (Å²) in [6.45, 7) is 6.27. The molecule has 26 heavy (non-hydrogen) atoms. The molecule has 0 N–H and O–H groups in total. The van der Waals surface area contributed by atoms with Crippen molar-refractivity contribution in [2.75, 3.05) is 18.1 Å². The van der Waals surface area contributed by atoms with E-state index in [2.05, 4.69) is 21.5 Å². The number of benzene rings is 2. The molecule has 0 aliphatic carbocycles. The lowest BCUT2D eigenvalue weighted by atomic mass is 10.2. The van der Waals surface area contributed by atoms with Crippen LogP contribution in [0.1, 0.15) is 6.92 Å². The second kappa shape index (κ2) is 8.62. The Morgan fingerprint density at radius 1 is 0.846 bits per heavy atom. The van der Waals surface area contributed by atoms with Gasteiger partial charge in [0, 0.05) is 11.4 Å². The second-order valence-electron chi connectivity index (χ2n) is 5.24. The van der Waals surface area contributed by atoms with E-state index in [1.54, 1.807) is 6.08 Å². The number of hydrogen-bond donors (Lipinski definition) is 0. The van der Waals surface area contributed by atoms with Crippen LogP contribution in [0.4, 0.5) is 17.3 Å². The van der Waals surface area contributed by atoms with Crippen LogP contribution in [-0.4, -0.2) is 28.2 Å². The van der Waals surface area contributed by atoms with Crippen LogP contribution in [0.25, 0.3) is 0 Å². The Hall–Kier alpha value is -3.41. The van der Waals surface area contributed by atoms with Crippen LogP contribution in [0.2, 0.25) is 0 Å². The van der Waals surface area contributed by atoms with Gasteiger partial charge in [0.25, 0.3) is 0 Å². The SMILES string of the molecule is C=CCOc1nc(OCC)nc(N(c2ccccc2)c2ccccc2)n1. The molecule has 0 aliphatic heterocycles. The van der Waals surface area contributed by atoms with Crippen LogP contribution < -0.4 is 14.4 Å². The van der Waals surface area contributed by atoms with Crippen LogP contribution in [0, 0.1) is 0 Å². The molecule has 132 valence electrons. The predicted molar refractivity (Wildman–Crippen MR) is 101 cm³/mol. The first kappa shape index (κ1) is 17.4. The summed E-state index contributed by atoms with van der Waals surface area (Å²) in [7, 11) is 0. The lowest BCUT2D eigenvalue weighted by Crippen LogP contribution is -2.15. The average Bonchev–Trinajstić information content (AvgIpc) is 2.68. The molecule has 0 atom stereocenters. The molecule has 0 radical (unpaired) electrons. The zero-order valence-electron chi connectivity index (χ0n) is 14.6. The van der Waals surface area contributed by atoms with E-state index in [4.69, 9.17) is 9.47 Å². The van der Waals surface area contributed by atoms with E-state index in [9.17, 15) is 0 Å². The molecule has 6 nitrogen and oxygen atoms in total. The summed E-state index contributed by atoms with van der Waals surface area (Å²) < 4.78 is 11.0. The lowest BCUT2D eigenvalue weighted by Gasteiger charge is -2.23. The molecule has 0 amide bonds. The second-order valence-corrected chi connectivity index (χ2v) is 5.24.